The molecule has 0 aromatic rings. The minimum atomic E-state index is -3.27. The van der Waals surface area contributed by atoms with Crippen LogP contribution < -0.4 is 0 Å². The van der Waals surface area contributed by atoms with Crippen molar-refractivity contribution in [2.75, 3.05) is 25.0 Å². The molecule has 0 N–H and O–H groups in total. The lowest BCUT2D eigenvalue weighted by Gasteiger charge is -2.38. The first kappa shape index (κ1) is 16.7. The van der Waals surface area contributed by atoms with Crippen LogP contribution in [0.1, 0.15) is 51.9 Å². The molecule has 0 bridgehead atoms. The first-order chi connectivity index (χ1) is 9.55. The second-order valence-corrected chi connectivity index (χ2v) is 8.85. The highest BCUT2D eigenvalue weighted by molar-refractivity contribution is 9.09. The fraction of sp³-hybridized carbons (Fsp3) is 1.00. The minimum absolute atomic E-state index is 0.214. The van der Waals surface area contributed by atoms with Gasteiger partial charge in [-0.3, -0.25) is 0 Å². The predicted octanol–water partition coefficient (Wildman–Crippen LogP) is 2.99. The van der Waals surface area contributed by atoms with Crippen LogP contribution >= 0.6 is 15.9 Å². The summed E-state index contributed by atoms with van der Waals surface area (Å²) in [5.74, 6) is 0.653. The summed E-state index contributed by atoms with van der Waals surface area (Å²) in [5.41, 5.74) is 0. The lowest BCUT2D eigenvalue weighted by molar-refractivity contribution is 0.222. The molecule has 0 atom stereocenters. The maximum absolute atomic E-state index is 12.9. The molecule has 2 rings (SSSR count). The van der Waals surface area contributed by atoms with E-state index in [1.165, 1.54) is 6.42 Å². The van der Waals surface area contributed by atoms with Crippen LogP contribution in [0.3, 0.4) is 0 Å². The van der Waals surface area contributed by atoms with Gasteiger partial charge in [0.2, 0.25) is 0 Å². The number of hydrogen-bond acceptors (Lipinski definition) is 2. The summed E-state index contributed by atoms with van der Waals surface area (Å²) in [6.07, 6.45) is 7.61. The minimum Gasteiger partial charge on any atom is -0.195 e. The van der Waals surface area contributed by atoms with E-state index in [2.05, 4.69) is 22.9 Å². The normalized spacial score (nSPS) is 24.4. The first-order valence-corrected chi connectivity index (χ1v) is 10.4. The number of rotatable bonds is 5. The average Bonchev–Trinajstić information content (AvgIpc) is 2.46. The lowest BCUT2D eigenvalue weighted by atomic mass is 9.95. The van der Waals surface area contributed by atoms with Gasteiger partial charge in [0.05, 0.1) is 0 Å². The van der Waals surface area contributed by atoms with Gasteiger partial charge in [-0.2, -0.15) is 17.0 Å². The van der Waals surface area contributed by atoms with Gasteiger partial charge in [0.25, 0.3) is 10.2 Å². The Kier molecular flexibility index (Phi) is 6.32. The van der Waals surface area contributed by atoms with Crippen LogP contribution in [0.2, 0.25) is 0 Å². The van der Waals surface area contributed by atoms with E-state index in [-0.39, 0.29) is 6.04 Å². The van der Waals surface area contributed by atoms with Crippen molar-refractivity contribution in [2.45, 2.75) is 57.9 Å². The van der Waals surface area contributed by atoms with Gasteiger partial charge in [0.15, 0.2) is 0 Å². The van der Waals surface area contributed by atoms with E-state index in [4.69, 9.17) is 0 Å². The summed E-state index contributed by atoms with van der Waals surface area (Å²) in [6, 6.07) is 0.214. The molecule has 20 heavy (non-hydrogen) atoms. The zero-order chi connectivity index (χ0) is 14.6. The van der Waals surface area contributed by atoms with Gasteiger partial charge in [-0.25, -0.2) is 0 Å². The Balaban J connectivity index is 2.09. The molecule has 0 aromatic carbocycles. The van der Waals surface area contributed by atoms with Crippen LogP contribution in [0.4, 0.5) is 0 Å². The van der Waals surface area contributed by atoms with Gasteiger partial charge in [0, 0.05) is 31.0 Å². The van der Waals surface area contributed by atoms with Crippen molar-refractivity contribution in [2.24, 2.45) is 5.92 Å². The molecule has 4 nitrogen and oxygen atoms in total. The SMILES string of the molecule is CC1CCN(S(=O)(=O)N(CCBr)C2CCCCC2)CC1. The molecule has 0 aromatic heterocycles. The number of hydrogen-bond donors (Lipinski definition) is 0. The second kappa shape index (κ2) is 7.56. The summed E-state index contributed by atoms with van der Waals surface area (Å²) in [5, 5.41) is 0.715. The molecule has 0 amide bonds. The molecule has 1 saturated carbocycles. The Bertz CT molecular complexity index is 388. The third-order valence-electron chi connectivity index (χ3n) is 4.65. The van der Waals surface area contributed by atoms with Crippen LogP contribution in [0, 0.1) is 5.92 Å². The summed E-state index contributed by atoms with van der Waals surface area (Å²) < 4.78 is 29.3. The third-order valence-corrected chi connectivity index (χ3v) is 7.10. The summed E-state index contributed by atoms with van der Waals surface area (Å²) >= 11 is 3.42. The molecule has 6 heteroatoms. The highest BCUT2D eigenvalue weighted by atomic mass is 79.9. The second-order valence-electron chi connectivity index (χ2n) is 6.18. The van der Waals surface area contributed by atoms with E-state index in [1.807, 2.05) is 0 Å². The highest BCUT2D eigenvalue weighted by Gasteiger charge is 2.36. The molecule has 0 radical (unpaired) electrons. The van der Waals surface area contributed by atoms with Crippen LogP contribution in [0.5, 0.6) is 0 Å². The first-order valence-electron chi connectivity index (χ1n) is 7.88. The standard InChI is InChI=1S/C14H27BrN2O2S/c1-13-7-10-16(11-8-13)20(18,19)17(12-9-15)14-5-3-2-4-6-14/h13-14H,2-12H2,1H3. The van der Waals surface area contributed by atoms with E-state index in [0.29, 0.717) is 30.9 Å². The predicted molar refractivity (Wildman–Crippen MR) is 86.3 cm³/mol. The average molecular weight is 367 g/mol. The Morgan fingerprint density at radius 2 is 1.70 bits per heavy atom. The molecule has 118 valence electrons. The molecule has 1 heterocycles. The molecular weight excluding hydrogens is 340 g/mol. The molecule has 1 saturated heterocycles. The van der Waals surface area contributed by atoms with Gasteiger partial charge in [-0.05, 0) is 31.6 Å². The quantitative estimate of drug-likeness (QED) is 0.701. The van der Waals surface area contributed by atoms with Crippen molar-refractivity contribution < 1.29 is 8.42 Å². The number of nitrogens with zero attached hydrogens (tertiary/aromatic N) is 2. The van der Waals surface area contributed by atoms with E-state index in [9.17, 15) is 8.42 Å². The molecule has 0 spiro atoms. The van der Waals surface area contributed by atoms with E-state index >= 15 is 0 Å². The molecule has 1 aliphatic heterocycles. The Hall–Kier alpha value is 0.350. The Morgan fingerprint density at radius 1 is 1.10 bits per heavy atom. The topological polar surface area (TPSA) is 40.6 Å². The fourth-order valence-corrected chi connectivity index (χ4v) is 5.80. The largest absolute Gasteiger partial charge is 0.282 e. The maximum Gasteiger partial charge on any atom is 0.282 e. The van der Waals surface area contributed by atoms with Crippen LogP contribution in [0.25, 0.3) is 0 Å². The summed E-state index contributed by atoms with van der Waals surface area (Å²) in [6.45, 7) is 4.18. The summed E-state index contributed by atoms with van der Waals surface area (Å²) in [7, 11) is -3.27. The Labute approximate surface area is 132 Å². The smallest absolute Gasteiger partial charge is 0.195 e. The monoisotopic (exact) mass is 366 g/mol. The zero-order valence-electron chi connectivity index (χ0n) is 12.4. The molecule has 2 aliphatic rings. The molecule has 2 fully saturated rings. The van der Waals surface area contributed by atoms with Crippen molar-refractivity contribution in [3.63, 3.8) is 0 Å². The van der Waals surface area contributed by atoms with Gasteiger partial charge in [-0.1, -0.05) is 42.1 Å². The lowest BCUT2D eigenvalue weighted by Crippen LogP contribution is -2.51. The van der Waals surface area contributed by atoms with Crippen molar-refractivity contribution in [1.82, 2.24) is 8.61 Å². The number of halogens is 1. The van der Waals surface area contributed by atoms with Crippen LogP contribution in [-0.2, 0) is 10.2 Å². The van der Waals surface area contributed by atoms with E-state index in [1.54, 1.807) is 8.61 Å². The number of alkyl halides is 1. The van der Waals surface area contributed by atoms with Crippen molar-refractivity contribution >= 4 is 26.1 Å². The van der Waals surface area contributed by atoms with Gasteiger partial charge >= 0.3 is 0 Å². The van der Waals surface area contributed by atoms with Crippen molar-refractivity contribution in [3.05, 3.63) is 0 Å². The fourth-order valence-electron chi connectivity index (χ4n) is 3.30. The molecule has 1 aliphatic carbocycles. The maximum atomic E-state index is 12.9. The van der Waals surface area contributed by atoms with E-state index < -0.39 is 10.2 Å². The van der Waals surface area contributed by atoms with E-state index in [0.717, 1.165) is 38.5 Å². The van der Waals surface area contributed by atoms with Crippen LogP contribution in [0.15, 0.2) is 0 Å². The molecule has 0 unspecified atom stereocenters. The Morgan fingerprint density at radius 3 is 2.25 bits per heavy atom. The van der Waals surface area contributed by atoms with Crippen LogP contribution in [-0.4, -0.2) is 48.0 Å². The third kappa shape index (κ3) is 3.96. The summed E-state index contributed by atoms with van der Waals surface area (Å²) in [4.78, 5) is 0. The van der Waals surface area contributed by atoms with Crippen molar-refractivity contribution in [1.29, 1.82) is 0 Å². The zero-order valence-corrected chi connectivity index (χ0v) is 14.8. The van der Waals surface area contributed by atoms with Gasteiger partial charge in [-0.15, -0.1) is 0 Å². The highest BCUT2D eigenvalue weighted by Crippen LogP contribution is 2.28. The number of piperidine rings is 1. The molecular formula is C14H27BrN2O2S. The van der Waals surface area contributed by atoms with Gasteiger partial charge < -0.3 is 0 Å². The van der Waals surface area contributed by atoms with Gasteiger partial charge in [0.1, 0.15) is 0 Å². The van der Waals surface area contributed by atoms with Crippen molar-refractivity contribution in [3.8, 4) is 0 Å².